The van der Waals surface area contributed by atoms with Crippen molar-refractivity contribution in [3.05, 3.63) is 28.8 Å². The molecule has 2 rings (SSSR count). The first-order chi connectivity index (χ1) is 9.32. The van der Waals surface area contributed by atoms with Crippen molar-refractivity contribution in [2.24, 2.45) is 5.92 Å². The van der Waals surface area contributed by atoms with E-state index < -0.39 is 16.0 Å². The second-order valence-corrected chi connectivity index (χ2v) is 7.37. The maximum atomic E-state index is 12.6. The lowest BCUT2D eigenvalue weighted by molar-refractivity contribution is 0.0696. The molecule has 0 spiro atoms. The van der Waals surface area contributed by atoms with Gasteiger partial charge in [0.2, 0.25) is 10.0 Å². The average molecular weight is 318 g/mol. The van der Waals surface area contributed by atoms with Crippen molar-refractivity contribution >= 4 is 27.6 Å². The first-order valence-electron chi connectivity index (χ1n) is 6.35. The van der Waals surface area contributed by atoms with Crippen LogP contribution in [0, 0.1) is 5.92 Å². The highest BCUT2D eigenvalue weighted by Gasteiger charge is 2.30. The van der Waals surface area contributed by atoms with E-state index in [1.807, 2.05) is 6.92 Å². The Morgan fingerprint density at radius 3 is 2.75 bits per heavy atom. The molecule has 5 nitrogen and oxygen atoms in total. The molecule has 1 unspecified atom stereocenters. The van der Waals surface area contributed by atoms with Crippen LogP contribution >= 0.6 is 11.6 Å². The van der Waals surface area contributed by atoms with Gasteiger partial charge in [0.15, 0.2) is 0 Å². The maximum Gasteiger partial charge on any atom is 0.335 e. The van der Waals surface area contributed by atoms with Gasteiger partial charge in [-0.15, -0.1) is 0 Å². The maximum absolute atomic E-state index is 12.6. The van der Waals surface area contributed by atoms with E-state index in [1.165, 1.54) is 16.4 Å². The molecule has 0 radical (unpaired) electrons. The van der Waals surface area contributed by atoms with E-state index >= 15 is 0 Å². The summed E-state index contributed by atoms with van der Waals surface area (Å²) in [7, 11) is -3.74. The highest BCUT2D eigenvalue weighted by Crippen LogP contribution is 2.29. The Hall–Kier alpha value is -1.11. The summed E-state index contributed by atoms with van der Waals surface area (Å²) in [5.74, 6) is -0.884. The van der Waals surface area contributed by atoms with E-state index in [9.17, 15) is 13.2 Å². The molecule has 0 bridgehead atoms. The lowest BCUT2D eigenvalue weighted by Crippen LogP contribution is -2.39. The molecule has 0 aliphatic carbocycles. The number of aromatic carboxylic acids is 1. The van der Waals surface area contributed by atoms with E-state index in [1.54, 1.807) is 0 Å². The van der Waals surface area contributed by atoms with Crippen molar-refractivity contribution in [2.75, 3.05) is 13.1 Å². The molecule has 0 aromatic heterocycles. The van der Waals surface area contributed by atoms with E-state index in [4.69, 9.17) is 16.7 Å². The predicted octanol–water partition coefficient (Wildman–Crippen LogP) is 2.46. The molecule has 1 aromatic rings. The quantitative estimate of drug-likeness (QED) is 0.929. The van der Waals surface area contributed by atoms with Crippen molar-refractivity contribution in [1.82, 2.24) is 4.31 Å². The Kier molecular flexibility index (Phi) is 4.36. The second-order valence-electron chi connectivity index (χ2n) is 5.06. The summed E-state index contributed by atoms with van der Waals surface area (Å²) in [5.41, 5.74) is -0.0852. The molecule has 7 heteroatoms. The van der Waals surface area contributed by atoms with Gasteiger partial charge in [-0.2, -0.15) is 4.31 Å². The topological polar surface area (TPSA) is 74.7 Å². The summed E-state index contributed by atoms with van der Waals surface area (Å²) < 4.78 is 26.5. The molecule has 0 saturated carbocycles. The van der Waals surface area contributed by atoms with Gasteiger partial charge < -0.3 is 5.11 Å². The lowest BCUT2D eigenvalue weighted by atomic mass is 10.0. The van der Waals surface area contributed by atoms with Crippen LogP contribution in [-0.2, 0) is 10.0 Å². The molecule has 20 heavy (non-hydrogen) atoms. The Bertz CT molecular complexity index is 629. The van der Waals surface area contributed by atoms with Gasteiger partial charge in [0.1, 0.15) is 4.90 Å². The molecule has 1 aliphatic heterocycles. The summed E-state index contributed by atoms with van der Waals surface area (Å²) >= 11 is 5.94. The van der Waals surface area contributed by atoms with Crippen LogP contribution in [0.25, 0.3) is 0 Å². The minimum Gasteiger partial charge on any atom is -0.478 e. The van der Waals surface area contributed by atoms with E-state index in [0.717, 1.165) is 18.9 Å². The number of benzene rings is 1. The fourth-order valence-corrected chi connectivity index (χ4v) is 4.44. The number of sulfonamides is 1. The summed E-state index contributed by atoms with van der Waals surface area (Å²) in [6, 6.07) is 3.73. The molecule has 110 valence electrons. The summed E-state index contributed by atoms with van der Waals surface area (Å²) in [6.07, 6.45) is 1.80. The molecule has 1 aliphatic rings. The number of carboxylic acids is 1. The molecule has 1 N–H and O–H groups in total. The monoisotopic (exact) mass is 317 g/mol. The third-order valence-electron chi connectivity index (χ3n) is 3.42. The zero-order chi connectivity index (χ0) is 14.9. The fourth-order valence-electron chi connectivity index (χ4n) is 2.34. The largest absolute Gasteiger partial charge is 0.478 e. The molecular formula is C13H16ClNO4S. The molecular weight excluding hydrogens is 302 g/mol. The smallest absolute Gasteiger partial charge is 0.335 e. The zero-order valence-corrected chi connectivity index (χ0v) is 12.6. The molecule has 1 saturated heterocycles. The van der Waals surface area contributed by atoms with Crippen LogP contribution < -0.4 is 0 Å². The van der Waals surface area contributed by atoms with Crippen LogP contribution in [0.2, 0.25) is 5.02 Å². The van der Waals surface area contributed by atoms with Gasteiger partial charge in [-0.1, -0.05) is 18.5 Å². The number of halogens is 1. The number of hydrogen-bond donors (Lipinski definition) is 1. The second kappa shape index (κ2) is 5.71. The number of carboxylic acid groups (broad SMARTS) is 1. The van der Waals surface area contributed by atoms with Crippen LogP contribution in [0.5, 0.6) is 0 Å². The van der Waals surface area contributed by atoms with Crippen LogP contribution in [-0.4, -0.2) is 36.9 Å². The lowest BCUT2D eigenvalue weighted by Gasteiger charge is -2.30. The average Bonchev–Trinajstić information content (AvgIpc) is 2.38. The summed E-state index contributed by atoms with van der Waals surface area (Å²) in [4.78, 5) is 10.8. The standard InChI is InChI=1S/C13H16ClNO4S/c1-9-3-2-6-15(8-9)20(18,19)12-7-10(13(16)17)4-5-11(12)14/h4-5,7,9H,2-3,6,8H2,1H3,(H,16,17). The Morgan fingerprint density at radius 1 is 1.45 bits per heavy atom. The number of carbonyl (C=O) groups is 1. The third-order valence-corrected chi connectivity index (χ3v) is 5.76. The normalized spacial score (nSPS) is 20.8. The van der Waals surface area contributed by atoms with E-state index in [0.29, 0.717) is 19.0 Å². The number of hydrogen-bond acceptors (Lipinski definition) is 3. The van der Waals surface area contributed by atoms with Crippen molar-refractivity contribution in [2.45, 2.75) is 24.7 Å². The van der Waals surface area contributed by atoms with Gasteiger partial charge in [0, 0.05) is 13.1 Å². The van der Waals surface area contributed by atoms with Gasteiger partial charge in [0.05, 0.1) is 10.6 Å². The van der Waals surface area contributed by atoms with Gasteiger partial charge in [-0.25, -0.2) is 13.2 Å². The summed E-state index contributed by atoms with van der Waals surface area (Å²) in [6.45, 7) is 2.88. The van der Waals surface area contributed by atoms with Crippen molar-refractivity contribution in [3.8, 4) is 0 Å². The highest BCUT2D eigenvalue weighted by molar-refractivity contribution is 7.89. The highest BCUT2D eigenvalue weighted by atomic mass is 35.5. The Labute approximate surface area is 123 Å². The van der Waals surface area contributed by atoms with Crippen LogP contribution in [0.4, 0.5) is 0 Å². The zero-order valence-electron chi connectivity index (χ0n) is 11.0. The first kappa shape index (κ1) is 15.3. The first-order valence-corrected chi connectivity index (χ1v) is 8.17. The number of nitrogens with zero attached hydrogens (tertiary/aromatic N) is 1. The van der Waals surface area contributed by atoms with E-state index in [2.05, 4.69) is 0 Å². The number of piperidine rings is 1. The minimum atomic E-state index is -3.74. The van der Waals surface area contributed by atoms with Crippen LogP contribution in [0.3, 0.4) is 0 Å². The summed E-state index contributed by atoms with van der Waals surface area (Å²) in [5, 5.41) is 9.02. The molecule has 0 amide bonds. The number of rotatable bonds is 3. The molecule has 1 heterocycles. The Balaban J connectivity index is 2.43. The molecule has 1 aromatic carbocycles. The Morgan fingerprint density at radius 2 is 2.15 bits per heavy atom. The van der Waals surface area contributed by atoms with Crippen molar-refractivity contribution < 1.29 is 18.3 Å². The van der Waals surface area contributed by atoms with Crippen LogP contribution in [0.1, 0.15) is 30.1 Å². The molecule has 1 fully saturated rings. The van der Waals surface area contributed by atoms with Crippen molar-refractivity contribution in [1.29, 1.82) is 0 Å². The van der Waals surface area contributed by atoms with Crippen molar-refractivity contribution in [3.63, 3.8) is 0 Å². The fraction of sp³-hybridized carbons (Fsp3) is 0.462. The van der Waals surface area contributed by atoms with Crippen LogP contribution in [0.15, 0.2) is 23.1 Å². The van der Waals surface area contributed by atoms with E-state index in [-0.39, 0.29) is 15.5 Å². The predicted molar refractivity (Wildman–Crippen MR) is 75.6 cm³/mol. The minimum absolute atomic E-state index is 0.0493. The van der Waals surface area contributed by atoms with Gasteiger partial charge in [-0.05, 0) is 37.0 Å². The SMILES string of the molecule is CC1CCCN(S(=O)(=O)c2cc(C(=O)O)ccc2Cl)C1. The van der Waals surface area contributed by atoms with Gasteiger partial charge in [-0.3, -0.25) is 0 Å². The molecule has 1 atom stereocenters. The van der Waals surface area contributed by atoms with Gasteiger partial charge in [0.25, 0.3) is 0 Å². The van der Waals surface area contributed by atoms with Gasteiger partial charge >= 0.3 is 5.97 Å². The third kappa shape index (κ3) is 2.97.